The third-order valence-electron chi connectivity index (χ3n) is 2.82. The van der Waals surface area contributed by atoms with Gasteiger partial charge in [0.1, 0.15) is 0 Å². The first-order valence-corrected chi connectivity index (χ1v) is 6.15. The van der Waals surface area contributed by atoms with Gasteiger partial charge in [-0.1, -0.05) is 18.2 Å². The zero-order valence-electron chi connectivity index (χ0n) is 9.15. The van der Waals surface area contributed by atoms with Crippen LogP contribution in [0.5, 0.6) is 0 Å². The molecule has 0 aliphatic carbocycles. The number of carbonyl (C=O) groups is 1. The molecular formula is C12H16N2OS. The summed E-state index contributed by atoms with van der Waals surface area (Å²) in [4.78, 5) is 14.1. The minimum absolute atomic E-state index is 0.131. The van der Waals surface area contributed by atoms with Crippen molar-refractivity contribution < 1.29 is 4.79 Å². The molecule has 1 aromatic carbocycles. The van der Waals surface area contributed by atoms with Crippen molar-refractivity contribution in [2.45, 2.75) is 5.75 Å². The van der Waals surface area contributed by atoms with Crippen molar-refractivity contribution in [3.8, 4) is 0 Å². The van der Waals surface area contributed by atoms with Gasteiger partial charge in [0.2, 0.25) is 0 Å². The van der Waals surface area contributed by atoms with Crippen molar-refractivity contribution >= 4 is 18.5 Å². The predicted molar refractivity (Wildman–Crippen MR) is 67.9 cm³/mol. The van der Waals surface area contributed by atoms with Gasteiger partial charge in [-0.2, -0.15) is 12.6 Å². The number of hydrogen-bond donors (Lipinski definition) is 2. The van der Waals surface area contributed by atoms with Crippen molar-refractivity contribution in [1.82, 2.24) is 10.2 Å². The Kier molecular flexibility index (Phi) is 3.85. The molecule has 16 heavy (non-hydrogen) atoms. The molecule has 0 aromatic heterocycles. The van der Waals surface area contributed by atoms with Crippen molar-refractivity contribution in [2.75, 3.05) is 26.2 Å². The first-order valence-electron chi connectivity index (χ1n) is 5.51. The molecule has 0 atom stereocenters. The lowest BCUT2D eigenvalue weighted by Crippen LogP contribution is -2.46. The highest BCUT2D eigenvalue weighted by atomic mass is 32.1. The van der Waals surface area contributed by atoms with Crippen LogP contribution in [0.3, 0.4) is 0 Å². The van der Waals surface area contributed by atoms with Crippen LogP contribution < -0.4 is 5.32 Å². The normalized spacial score (nSPS) is 16.2. The summed E-state index contributed by atoms with van der Waals surface area (Å²) in [6.45, 7) is 3.35. The van der Waals surface area contributed by atoms with Crippen LogP contribution in [0.1, 0.15) is 15.9 Å². The van der Waals surface area contributed by atoms with E-state index in [0.29, 0.717) is 5.75 Å². The predicted octanol–water partition coefficient (Wildman–Crippen LogP) is 1.16. The fraction of sp³-hybridized carbons (Fsp3) is 0.417. The Morgan fingerprint density at radius 3 is 2.69 bits per heavy atom. The molecule has 2 rings (SSSR count). The van der Waals surface area contributed by atoms with Gasteiger partial charge in [-0.25, -0.2) is 0 Å². The first-order chi connectivity index (χ1) is 7.83. The van der Waals surface area contributed by atoms with Gasteiger partial charge in [0.15, 0.2) is 0 Å². The van der Waals surface area contributed by atoms with E-state index in [9.17, 15) is 4.79 Å². The van der Waals surface area contributed by atoms with E-state index in [0.717, 1.165) is 37.3 Å². The third-order valence-corrected chi connectivity index (χ3v) is 3.16. The van der Waals surface area contributed by atoms with Crippen molar-refractivity contribution in [3.63, 3.8) is 0 Å². The summed E-state index contributed by atoms with van der Waals surface area (Å²) in [5.41, 5.74) is 1.80. The SMILES string of the molecule is O=C(c1ccccc1CS)N1CCNCC1. The van der Waals surface area contributed by atoms with Crippen LogP contribution >= 0.6 is 12.6 Å². The summed E-state index contributed by atoms with van der Waals surface area (Å²) in [5.74, 6) is 0.736. The first kappa shape index (κ1) is 11.5. The van der Waals surface area contributed by atoms with Crippen LogP contribution in [0.4, 0.5) is 0 Å². The van der Waals surface area contributed by atoms with Gasteiger partial charge in [-0.3, -0.25) is 4.79 Å². The smallest absolute Gasteiger partial charge is 0.254 e. The van der Waals surface area contributed by atoms with Gasteiger partial charge >= 0.3 is 0 Å². The average molecular weight is 236 g/mol. The molecule has 1 aromatic rings. The third kappa shape index (κ3) is 2.39. The molecule has 1 aliphatic heterocycles. The van der Waals surface area contributed by atoms with Crippen LogP contribution in [-0.4, -0.2) is 37.0 Å². The van der Waals surface area contributed by atoms with E-state index in [4.69, 9.17) is 0 Å². The topological polar surface area (TPSA) is 32.3 Å². The van der Waals surface area contributed by atoms with Crippen LogP contribution in [0.25, 0.3) is 0 Å². The highest BCUT2D eigenvalue weighted by Crippen LogP contribution is 2.14. The number of nitrogens with one attached hydrogen (secondary N) is 1. The van der Waals surface area contributed by atoms with E-state index < -0.39 is 0 Å². The fourth-order valence-electron chi connectivity index (χ4n) is 1.91. The summed E-state index contributed by atoms with van der Waals surface area (Å²) < 4.78 is 0. The number of rotatable bonds is 2. The monoisotopic (exact) mass is 236 g/mol. The van der Waals surface area contributed by atoms with Crippen molar-refractivity contribution in [1.29, 1.82) is 0 Å². The molecule has 86 valence electrons. The van der Waals surface area contributed by atoms with Gasteiger partial charge in [0.05, 0.1) is 0 Å². The average Bonchev–Trinajstić information content (AvgIpc) is 2.39. The van der Waals surface area contributed by atoms with Gasteiger partial charge in [0.25, 0.3) is 5.91 Å². The minimum atomic E-state index is 0.131. The number of benzene rings is 1. The summed E-state index contributed by atoms with van der Waals surface area (Å²) in [7, 11) is 0. The van der Waals surface area contributed by atoms with Crippen LogP contribution in [0.2, 0.25) is 0 Å². The van der Waals surface area contributed by atoms with Crippen LogP contribution in [-0.2, 0) is 5.75 Å². The number of amides is 1. The second-order valence-electron chi connectivity index (χ2n) is 3.86. The van der Waals surface area contributed by atoms with E-state index >= 15 is 0 Å². The van der Waals surface area contributed by atoms with Crippen molar-refractivity contribution in [3.05, 3.63) is 35.4 Å². The molecule has 0 saturated carbocycles. The highest BCUT2D eigenvalue weighted by Gasteiger charge is 2.19. The molecule has 1 amide bonds. The summed E-state index contributed by atoms with van der Waals surface area (Å²) in [5, 5.41) is 3.24. The van der Waals surface area contributed by atoms with Crippen molar-refractivity contribution in [2.24, 2.45) is 0 Å². The maximum absolute atomic E-state index is 12.2. The molecule has 0 bridgehead atoms. The molecule has 1 heterocycles. The number of hydrogen-bond acceptors (Lipinski definition) is 3. The Balaban J connectivity index is 2.19. The second-order valence-corrected chi connectivity index (χ2v) is 4.17. The van der Waals surface area contributed by atoms with Crippen LogP contribution in [0.15, 0.2) is 24.3 Å². The van der Waals surface area contributed by atoms with Gasteiger partial charge in [-0.05, 0) is 11.6 Å². The molecule has 1 N–H and O–H groups in total. The van der Waals surface area contributed by atoms with Gasteiger partial charge in [0, 0.05) is 37.5 Å². The Morgan fingerprint density at radius 1 is 1.31 bits per heavy atom. The summed E-state index contributed by atoms with van der Waals surface area (Å²) >= 11 is 4.26. The number of piperazine rings is 1. The van der Waals surface area contributed by atoms with Crippen LogP contribution in [0, 0.1) is 0 Å². The molecule has 0 unspecified atom stereocenters. The molecule has 1 saturated heterocycles. The zero-order chi connectivity index (χ0) is 11.4. The number of nitrogens with zero attached hydrogens (tertiary/aromatic N) is 1. The highest BCUT2D eigenvalue weighted by molar-refractivity contribution is 7.79. The van der Waals surface area contributed by atoms with E-state index in [1.165, 1.54) is 0 Å². The van der Waals surface area contributed by atoms with E-state index in [1.54, 1.807) is 0 Å². The van der Waals surface area contributed by atoms with Gasteiger partial charge in [-0.15, -0.1) is 0 Å². The van der Waals surface area contributed by atoms with E-state index in [-0.39, 0.29) is 5.91 Å². The molecule has 1 aliphatic rings. The van der Waals surface area contributed by atoms with E-state index in [2.05, 4.69) is 17.9 Å². The standard InChI is InChI=1S/C12H16N2OS/c15-12(14-7-5-13-6-8-14)11-4-2-1-3-10(11)9-16/h1-4,13,16H,5-9H2. The Morgan fingerprint density at radius 2 is 2.00 bits per heavy atom. The molecule has 0 radical (unpaired) electrons. The maximum atomic E-state index is 12.2. The number of thiol groups is 1. The minimum Gasteiger partial charge on any atom is -0.336 e. The molecule has 4 heteroatoms. The molecule has 0 spiro atoms. The largest absolute Gasteiger partial charge is 0.336 e. The Bertz CT molecular complexity index is 375. The lowest BCUT2D eigenvalue weighted by atomic mass is 10.1. The quantitative estimate of drug-likeness (QED) is 0.755. The van der Waals surface area contributed by atoms with Gasteiger partial charge < -0.3 is 10.2 Å². The maximum Gasteiger partial charge on any atom is 0.254 e. The fourth-order valence-corrected chi connectivity index (χ4v) is 2.18. The molecule has 1 fully saturated rings. The summed E-state index contributed by atoms with van der Waals surface area (Å²) in [6.07, 6.45) is 0. The zero-order valence-corrected chi connectivity index (χ0v) is 10.0. The Labute approximate surface area is 101 Å². The Hall–Kier alpha value is -1.00. The molecular weight excluding hydrogens is 220 g/mol. The van der Waals surface area contributed by atoms with E-state index in [1.807, 2.05) is 29.2 Å². The second kappa shape index (κ2) is 5.37. The lowest BCUT2D eigenvalue weighted by molar-refractivity contribution is 0.0735. The molecule has 3 nitrogen and oxygen atoms in total. The summed E-state index contributed by atoms with van der Waals surface area (Å²) in [6, 6.07) is 7.70. The number of carbonyl (C=O) groups excluding carboxylic acids is 1. The lowest BCUT2D eigenvalue weighted by Gasteiger charge is -2.28.